The van der Waals surface area contributed by atoms with Gasteiger partial charge in [0.1, 0.15) is 0 Å². The first-order chi connectivity index (χ1) is 9.34. The number of H-pyrrole nitrogens is 1. The molecule has 0 aliphatic rings. The van der Waals surface area contributed by atoms with Gasteiger partial charge in [-0.3, -0.25) is 0 Å². The van der Waals surface area contributed by atoms with Gasteiger partial charge in [0, 0.05) is 17.8 Å². The fraction of sp³-hybridized carbons (Fsp3) is 0.111. The lowest BCUT2D eigenvalue weighted by atomic mass is 9.88. The third kappa shape index (κ3) is 2.45. The molecular weight excluding hydrogens is 230 g/mol. The Bertz CT molecular complexity index is 621. The van der Waals surface area contributed by atoms with Crippen LogP contribution in [0, 0.1) is 6.92 Å². The molecule has 0 fully saturated rings. The van der Waals surface area contributed by atoms with Crippen LogP contribution in [-0.4, -0.2) is 4.98 Å². The van der Waals surface area contributed by atoms with E-state index in [1.165, 1.54) is 22.4 Å². The van der Waals surface area contributed by atoms with Crippen LogP contribution in [0.4, 0.5) is 0 Å². The molecule has 1 aromatic heterocycles. The first-order valence-electron chi connectivity index (χ1n) is 6.59. The number of aryl methyl sites for hydroxylation is 1. The third-order valence-corrected chi connectivity index (χ3v) is 3.48. The van der Waals surface area contributed by atoms with Gasteiger partial charge in [-0.1, -0.05) is 60.2 Å². The van der Waals surface area contributed by atoms with E-state index in [-0.39, 0.29) is 5.92 Å². The Hall–Kier alpha value is -2.28. The zero-order valence-electron chi connectivity index (χ0n) is 11.0. The highest BCUT2D eigenvalue weighted by molar-refractivity contribution is 5.41. The lowest BCUT2D eigenvalue weighted by molar-refractivity contribution is 0.932. The van der Waals surface area contributed by atoms with E-state index in [0.717, 1.165) is 0 Å². The van der Waals surface area contributed by atoms with Crippen molar-refractivity contribution in [3.8, 4) is 0 Å². The number of rotatable bonds is 3. The maximum atomic E-state index is 3.35. The van der Waals surface area contributed by atoms with Gasteiger partial charge in [-0.2, -0.15) is 0 Å². The van der Waals surface area contributed by atoms with Crippen molar-refractivity contribution in [2.75, 3.05) is 0 Å². The second kappa shape index (κ2) is 5.15. The fourth-order valence-electron chi connectivity index (χ4n) is 2.48. The Kier molecular flexibility index (Phi) is 3.20. The quantitative estimate of drug-likeness (QED) is 0.701. The van der Waals surface area contributed by atoms with Crippen LogP contribution in [0.1, 0.15) is 28.3 Å². The average molecular weight is 247 g/mol. The molecule has 0 amide bonds. The van der Waals surface area contributed by atoms with Gasteiger partial charge in [0.2, 0.25) is 0 Å². The van der Waals surface area contributed by atoms with Crippen molar-refractivity contribution in [3.63, 3.8) is 0 Å². The summed E-state index contributed by atoms with van der Waals surface area (Å²) in [6.07, 6.45) is 1.99. The van der Waals surface area contributed by atoms with Gasteiger partial charge in [0.25, 0.3) is 0 Å². The van der Waals surface area contributed by atoms with E-state index in [1.807, 2.05) is 6.20 Å². The molecule has 1 heteroatoms. The minimum atomic E-state index is 0.275. The van der Waals surface area contributed by atoms with Crippen molar-refractivity contribution in [1.29, 1.82) is 0 Å². The lowest BCUT2D eigenvalue weighted by Gasteiger charge is -2.17. The van der Waals surface area contributed by atoms with E-state index in [4.69, 9.17) is 0 Å². The van der Waals surface area contributed by atoms with Crippen molar-refractivity contribution in [1.82, 2.24) is 4.98 Å². The van der Waals surface area contributed by atoms with Crippen molar-refractivity contribution < 1.29 is 0 Å². The molecule has 0 saturated carbocycles. The zero-order valence-corrected chi connectivity index (χ0v) is 11.0. The molecule has 1 N–H and O–H groups in total. The van der Waals surface area contributed by atoms with Crippen molar-refractivity contribution in [2.45, 2.75) is 12.8 Å². The topological polar surface area (TPSA) is 15.8 Å². The van der Waals surface area contributed by atoms with Crippen LogP contribution in [0.5, 0.6) is 0 Å². The standard InChI is InChI=1S/C18H17N/c1-14-9-11-16(12-10-14)18(17-8-5-13-19-17)15-6-3-2-4-7-15/h2-13,18-19H,1H3. The van der Waals surface area contributed by atoms with Crippen LogP contribution >= 0.6 is 0 Å². The molecule has 19 heavy (non-hydrogen) atoms. The van der Waals surface area contributed by atoms with Gasteiger partial charge in [-0.25, -0.2) is 0 Å². The highest BCUT2D eigenvalue weighted by atomic mass is 14.7. The monoisotopic (exact) mass is 247 g/mol. The van der Waals surface area contributed by atoms with E-state index in [1.54, 1.807) is 0 Å². The Morgan fingerprint density at radius 2 is 1.42 bits per heavy atom. The van der Waals surface area contributed by atoms with Gasteiger partial charge in [0.15, 0.2) is 0 Å². The third-order valence-electron chi connectivity index (χ3n) is 3.48. The minimum Gasteiger partial charge on any atom is -0.364 e. The maximum absolute atomic E-state index is 3.35. The number of nitrogens with one attached hydrogen (secondary N) is 1. The Morgan fingerprint density at radius 3 is 2.05 bits per heavy atom. The number of benzene rings is 2. The molecule has 94 valence electrons. The van der Waals surface area contributed by atoms with Crippen LogP contribution < -0.4 is 0 Å². The number of hydrogen-bond acceptors (Lipinski definition) is 0. The van der Waals surface area contributed by atoms with E-state index in [9.17, 15) is 0 Å². The Morgan fingerprint density at radius 1 is 0.737 bits per heavy atom. The van der Waals surface area contributed by atoms with E-state index >= 15 is 0 Å². The molecule has 0 aliphatic heterocycles. The first kappa shape index (κ1) is 11.8. The summed E-state index contributed by atoms with van der Waals surface area (Å²) in [6.45, 7) is 2.12. The van der Waals surface area contributed by atoms with Crippen LogP contribution in [0.25, 0.3) is 0 Å². The van der Waals surface area contributed by atoms with Gasteiger partial charge >= 0.3 is 0 Å². The largest absolute Gasteiger partial charge is 0.364 e. The normalized spacial score (nSPS) is 12.3. The molecule has 1 unspecified atom stereocenters. The van der Waals surface area contributed by atoms with Crippen LogP contribution in [0.15, 0.2) is 72.9 Å². The van der Waals surface area contributed by atoms with E-state index in [2.05, 4.69) is 78.6 Å². The van der Waals surface area contributed by atoms with Gasteiger partial charge < -0.3 is 4.98 Å². The molecule has 3 rings (SSSR count). The predicted molar refractivity (Wildman–Crippen MR) is 79.4 cm³/mol. The van der Waals surface area contributed by atoms with Gasteiger partial charge in [0.05, 0.1) is 0 Å². The second-order valence-corrected chi connectivity index (χ2v) is 4.88. The molecule has 0 saturated heterocycles. The number of aromatic nitrogens is 1. The van der Waals surface area contributed by atoms with Crippen LogP contribution in [0.3, 0.4) is 0 Å². The molecule has 2 aromatic carbocycles. The summed E-state index contributed by atoms with van der Waals surface area (Å²) in [6, 6.07) is 23.6. The molecule has 0 bridgehead atoms. The molecule has 1 nitrogen and oxygen atoms in total. The number of aromatic amines is 1. The molecule has 1 heterocycles. The fourth-order valence-corrected chi connectivity index (χ4v) is 2.48. The molecular formula is C18H17N. The minimum absolute atomic E-state index is 0.275. The first-order valence-corrected chi connectivity index (χ1v) is 6.59. The Balaban J connectivity index is 2.10. The average Bonchev–Trinajstić information content (AvgIpc) is 2.96. The Labute approximate surface area is 113 Å². The molecule has 0 radical (unpaired) electrons. The lowest BCUT2D eigenvalue weighted by Crippen LogP contribution is -2.03. The summed E-state index contributed by atoms with van der Waals surface area (Å²) in [4.78, 5) is 3.35. The maximum Gasteiger partial charge on any atom is 0.0490 e. The molecule has 0 aliphatic carbocycles. The summed E-state index contributed by atoms with van der Waals surface area (Å²) >= 11 is 0. The highest BCUT2D eigenvalue weighted by Gasteiger charge is 2.16. The predicted octanol–water partition coefficient (Wildman–Crippen LogP) is 4.50. The molecule has 1 atom stereocenters. The number of hydrogen-bond donors (Lipinski definition) is 1. The van der Waals surface area contributed by atoms with E-state index in [0.29, 0.717) is 0 Å². The summed E-state index contributed by atoms with van der Waals surface area (Å²) in [5.41, 5.74) is 5.16. The summed E-state index contributed by atoms with van der Waals surface area (Å²) < 4.78 is 0. The molecule has 3 aromatic rings. The summed E-state index contributed by atoms with van der Waals surface area (Å²) in [5.74, 6) is 0.275. The van der Waals surface area contributed by atoms with Gasteiger partial charge in [-0.05, 0) is 30.2 Å². The SMILES string of the molecule is Cc1ccc(C(c2ccccc2)c2ccc[nH]2)cc1. The van der Waals surface area contributed by atoms with Crippen molar-refractivity contribution >= 4 is 0 Å². The van der Waals surface area contributed by atoms with Crippen molar-refractivity contribution in [3.05, 3.63) is 95.3 Å². The smallest absolute Gasteiger partial charge is 0.0490 e. The summed E-state index contributed by atoms with van der Waals surface area (Å²) in [7, 11) is 0. The van der Waals surface area contributed by atoms with Crippen LogP contribution in [0.2, 0.25) is 0 Å². The molecule has 0 spiro atoms. The van der Waals surface area contributed by atoms with E-state index < -0.39 is 0 Å². The second-order valence-electron chi connectivity index (χ2n) is 4.88. The van der Waals surface area contributed by atoms with Crippen molar-refractivity contribution in [2.24, 2.45) is 0 Å². The van der Waals surface area contributed by atoms with Crippen LogP contribution in [-0.2, 0) is 0 Å². The van der Waals surface area contributed by atoms with Gasteiger partial charge in [-0.15, -0.1) is 0 Å². The summed E-state index contributed by atoms with van der Waals surface area (Å²) in [5, 5.41) is 0. The zero-order chi connectivity index (χ0) is 13.1. The highest BCUT2D eigenvalue weighted by Crippen LogP contribution is 2.30.